The Labute approximate surface area is 120 Å². The van der Waals surface area contributed by atoms with Gasteiger partial charge in [0, 0.05) is 5.02 Å². The summed E-state index contributed by atoms with van der Waals surface area (Å²) in [4.78, 5) is 16.4. The minimum Gasteiger partial charge on any atom is -0.483 e. The second kappa shape index (κ2) is 7.61. The van der Waals surface area contributed by atoms with Gasteiger partial charge in [-0.2, -0.15) is 0 Å². The number of halogens is 2. The van der Waals surface area contributed by atoms with E-state index in [0.717, 1.165) is 0 Å². The molecule has 0 aromatic heterocycles. The van der Waals surface area contributed by atoms with Crippen LogP contribution in [0.3, 0.4) is 0 Å². The third kappa shape index (κ3) is 5.71. The number of hydrogen-bond acceptors (Lipinski definition) is 3. The zero-order valence-electron chi connectivity index (χ0n) is 10.2. The second-order valence-electron chi connectivity index (χ2n) is 4.09. The van der Waals surface area contributed by atoms with Crippen molar-refractivity contribution < 1.29 is 14.4 Å². The number of nitrogens with one attached hydrogen (secondary N) is 1. The van der Waals surface area contributed by atoms with E-state index in [0.29, 0.717) is 27.8 Å². The van der Waals surface area contributed by atoms with Crippen LogP contribution < -0.4 is 10.2 Å². The fraction of sp³-hybridized carbons (Fsp3) is 0.417. The van der Waals surface area contributed by atoms with Crippen molar-refractivity contribution in [3.63, 3.8) is 0 Å². The predicted octanol–water partition coefficient (Wildman–Crippen LogP) is 3.19. The summed E-state index contributed by atoms with van der Waals surface area (Å²) in [6, 6.07) is 5.08. The van der Waals surface area contributed by atoms with Crippen LogP contribution >= 0.6 is 27.5 Å². The molecule has 0 saturated heterocycles. The molecule has 0 bridgehead atoms. The molecule has 0 heterocycles. The smallest absolute Gasteiger partial charge is 0.281 e. The van der Waals surface area contributed by atoms with Crippen molar-refractivity contribution in [1.29, 1.82) is 0 Å². The van der Waals surface area contributed by atoms with E-state index in [-0.39, 0.29) is 12.5 Å². The highest BCUT2D eigenvalue weighted by molar-refractivity contribution is 9.10. The molecule has 100 valence electrons. The Morgan fingerprint density at radius 2 is 2.22 bits per heavy atom. The number of carbonyl (C=O) groups excluding carboxylic acids is 1. The van der Waals surface area contributed by atoms with Gasteiger partial charge in [-0.3, -0.25) is 9.63 Å². The molecule has 0 aliphatic rings. The third-order valence-corrected chi connectivity index (χ3v) is 2.71. The molecular formula is C12H15BrClNO3. The Kier molecular flexibility index (Phi) is 6.46. The molecule has 6 heteroatoms. The molecule has 18 heavy (non-hydrogen) atoms. The SMILES string of the molecule is CC(C)CONC(=O)COc1ccc(Cl)cc1Br. The first-order valence-corrected chi connectivity index (χ1v) is 6.64. The summed E-state index contributed by atoms with van der Waals surface area (Å²) in [6.45, 7) is 4.34. The molecule has 0 radical (unpaired) electrons. The predicted molar refractivity (Wildman–Crippen MR) is 73.6 cm³/mol. The van der Waals surface area contributed by atoms with E-state index in [9.17, 15) is 4.79 Å². The number of hydrogen-bond donors (Lipinski definition) is 1. The van der Waals surface area contributed by atoms with Gasteiger partial charge in [0.2, 0.25) is 0 Å². The summed E-state index contributed by atoms with van der Waals surface area (Å²) in [6.07, 6.45) is 0. The number of rotatable bonds is 6. The number of hydroxylamine groups is 1. The maximum atomic E-state index is 11.4. The van der Waals surface area contributed by atoms with Gasteiger partial charge >= 0.3 is 0 Å². The van der Waals surface area contributed by atoms with E-state index in [1.807, 2.05) is 13.8 Å². The lowest BCUT2D eigenvalue weighted by Crippen LogP contribution is -2.30. The molecule has 1 N–H and O–H groups in total. The molecule has 0 unspecified atom stereocenters. The van der Waals surface area contributed by atoms with Gasteiger partial charge in [0.15, 0.2) is 6.61 Å². The molecule has 0 spiro atoms. The summed E-state index contributed by atoms with van der Waals surface area (Å²) in [5, 5.41) is 0.596. The Bertz CT molecular complexity index is 412. The molecule has 0 aliphatic heterocycles. The zero-order valence-corrected chi connectivity index (χ0v) is 12.5. The second-order valence-corrected chi connectivity index (χ2v) is 5.38. The first-order chi connectivity index (χ1) is 8.49. The summed E-state index contributed by atoms with van der Waals surface area (Å²) in [7, 11) is 0. The van der Waals surface area contributed by atoms with E-state index in [1.54, 1.807) is 18.2 Å². The summed E-state index contributed by atoms with van der Waals surface area (Å²) in [5.74, 6) is 0.576. The average Bonchev–Trinajstić information content (AvgIpc) is 2.27. The molecule has 0 atom stereocenters. The number of ether oxygens (including phenoxy) is 1. The quantitative estimate of drug-likeness (QED) is 0.812. The van der Waals surface area contributed by atoms with Crippen molar-refractivity contribution >= 4 is 33.4 Å². The highest BCUT2D eigenvalue weighted by Crippen LogP contribution is 2.27. The Hall–Kier alpha value is -0.780. The van der Waals surface area contributed by atoms with Gasteiger partial charge in [-0.05, 0) is 40.0 Å². The van der Waals surface area contributed by atoms with Crippen LogP contribution in [0.4, 0.5) is 0 Å². The van der Waals surface area contributed by atoms with Crippen molar-refractivity contribution in [1.82, 2.24) is 5.48 Å². The van der Waals surface area contributed by atoms with Gasteiger partial charge in [0.05, 0.1) is 11.1 Å². The molecule has 1 amide bonds. The summed E-state index contributed by atoms with van der Waals surface area (Å²) < 4.78 is 6.01. The number of amides is 1. The van der Waals surface area contributed by atoms with Gasteiger partial charge in [0.1, 0.15) is 5.75 Å². The highest BCUT2D eigenvalue weighted by atomic mass is 79.9. The minimum atomic E-state index is -0.336. The van der Waals surface area contributed by atoms with Crippen molar-refractivity contribution in [3.8, 4) is 5.75 Å². The normalized spacial score (nSPS) is 10.5. The highest BCUT2D eigenvalue weighted by Gasteiger charge is 2.06. The molecule has 0 aliphatic carbocycles. The zero-order chi connectivity index (χ0) is 13.5. The average molecular weight is 337 g/mol. The Morgan fingerprint density at radius 3 is 2.83 bits per heavy atom. The largest absolute Gasteiger partial charge is 0.483 e. The van der Waals surface area contributed by atoms with Crippen LogP contribution in [0, 0.1) is 5.92 Å². The van der Waals surface area contributed by atoms with Crippen LogP contribution in [-0.4, -0.2) is 19.1 Å². The maximum Gasteiger partial charge on any atom is 0.281 e. The molecule has 0 fully saturated rings. The van der Waals surface area contributed by atoms with Crippen LogP contribution in [0.1, 0.15) is 13.8 Å². The topological polar surface area (TPSA) is 47.6 Å². The van der Waals surface area contributed by atoms with Crippen LogP contribution in [0.2, 0.25) is 5.02 Å². The van der Waals surface area contributed by atoms with Crippen molar-refractivity contribution in [2.75, 3.05) is 13.2 Å². The summed E-state index contributed by atoms with van der Waals surface area (Å²) in [5.41, 5.74) is 2.31. The minimum absolute atomic E-state index is 0.113. The molecule has 0 saturated carbocycles. The maximum absolute atomic E-state index is 11.4. The lowest BCUT2D eigenvalue weighted by atomic mass is 10.2. The molecule has 4 nitrogen and oxygen atoms in total. The molecular weight excluding hydrogens is 321 g/mol. The summed E-state index contributed by atoms with van der Waals surface area (Å²) >= 11 is 9.09. The lowest BCUT2D eigenvalue weighted by molar-refractivity contribution is -0.136. The van der Waals surface area contributed by atoms with Crippen molar-refractivity contribution in [2.45, 2.75) is 13.8 Å². The van der Waals surface area contributed by atoms with Gasteiger partial charge in [-0.25, -0.2) is 5.48 Å². The number of carbonyl (C=O) groups is 1. The van der Waals surface area contributed by atoms with Crippen molar-refractivity contribution in [3.05, 3.63) is 27.7 Å². The van der Waals surface area contributed by atoms with E-state index < -0.39 is 0 Å². The van der Waals surface area contributed by atoms with Crippen molar-refractivity contribution in [2.24, 2.45) is 5.92 Å². The molecule has 1 rings (SSSR count). The van der Waals surface area contributed by atoms with Crippen LogP contribution in [-0.2, 0) is 9.63 Å². The van der Waals surface area contributed by atoms with Gasteiger partial charge in [-0.1, -0.05) is 25.4 Å². The monoisotopic (exact) mass is 335 g/mol. The van der Waals surface area contributed by atoms with E-state index in [4.69, 9.17) is 21.2 Å². The molecule has 1 aromatic rings. The van der Waals surface area contributed by atoms with Crippen LogP contribution in [0.25, 0.3) is 0 Å². The van der Waals surface area contributed by atoms with Gasteiger partial charge in [0.25, 0.3) is 5.91 Å². The standard InChI is InChI=1S/C12H15BrClNO3/c1-8(2)6-18-15-12(16)7-17-11-4-3-9(14)5-10(11)13/h3-5,8H,6-7H2,1-2H3,(H,15,16). The van der Waals surface area contributed by atoms with Crippen LogP contribution in [0.15, 0.2) is 22.7 Å². The van der Waals surface area contributed by atoms with E-state index in [2.05, 4.69) is 21.4 Å². The fourth-order valence-electron chi connectivity index (χ4n) is 1.05. The first-order valence-electron chi connectivity index (χ1n) is 5.47. The fourth-order valence-corrected chi connectivity index (χ4v) is 1.85. The first kappa shape index (κ1) is 15.3. The van der Waals surface area contributed by atoms with Gasteiger partial charge < -0.3 is 4.74 Å². The van der Waals surface area contributed by atoms with E-state index >= 15 is 0 Å². The van der Waals surface area contributed by atoms with Crippen LogP contribution in [0.5, 0.6) is 5.75 Å². The Balaban J connectivity index is 2.33. The van der Waals surface area contributed by atoms with Gasteiger partial charge in [-0.15, -0.1) is 0 Å². The Morgan fingerprint density at radius 1 is 1.50 bits per heavy atom. The lowest BCUT2D eigenvalue weighted by Gasteiger charge is -2.10. The molecule has 1 aromatic carbocycles. The number of benzene rings is 1. The van der Waals surface area contributed by atoms with E-state index in [1.165, 1.54) is 0 Å². The third-order valence-electron chi connectivity index (χ3n) is 1.86.